The molecule has 10 nitrogen and oxygen atoms in total. The third-order valence-electron chi connectivity index (χ3n) is 0.1000. The Bertz CT molecular complexity index is 192. The van der Waals surface area contributed by atoms with Crippen molar-refractivity contribution in [2.24, 2.45) is 0 Å². The minimum absolute atomic E-state index is 0. The number of hydrogen-bond donors (Lipinski definition) is 4. The predicted molar refractivity (Wildman–Crippen MR) is 62.2 cm³/mol. The summed E-state index contributed by atoms with van der Waals surface area (Å²) in [6.07, 6.45) is 0. The second-order valence-corrected chi connectivity index (χ2v) is 2.47. The van der Waals surface area contributed by atoms with Crippen LogP contribution in [0, 0.1) is 0 Å². The summed E-state index contributed by atoms with van der Waals surface area (Å²) in [5.74, 6) is -3.83. The van der Waals surface area contributed by atoms with Gasteiger partial charge in [0, 0.05) is 25.8 Å². The molecule has 22 heavy (non-hydrogen) atoms. The number of aliphatic hydroxyl groups excluding tert-OH is 2. The van der Waals surface area contributed by atoms with Crippen LogP contribution in [0.2, 0.25) is 0 Å². The minimum atomic E-state index is -1.08. The van der Waals surface area contributed by atoms with E-state index in [4.69, 9.17) is 49.8 Å². The molecule has 0 atom stereocenters. The molecule has 0 spiro atoms. The average molecular weight is 346 g/mol. The maximum absolute atomic E-state index is 9.00. The molecular formula is C10H20Na2O10. The van der Waals surface area contributed by atoms with Crippen molar-refractivity contribution in [2.45, 2.75) is 27.7 Å². The molecule has 0 unspecified atom stereocenters. The summed E-state index contributed by atoms with van der Waals surface area (Å²) >= 11 is 0. The molecular weight excluding hydrogens is 326 g/mol. The Morgan fingerprint density at radius 1 is 0.682 bits per heavy atom. The number of rotatable bonds is 1. The van der Waals surface area contributed by atoms with Gasteiger partial charge in [0.05, 0.1) is 13.2 Å². The van der Waals surface area contributed by atoms with Crippen molar-refractivity contribution >= 4 is 23.9 Å². The van der Waals surface area contributed by atoms with Crippen LogP contribution in [0.5, 0.6) is 0 Å². The fraction of sp³-hybridized carbons (Fsp3) is 0.600. The maximum atomic E-state index is 9.00. The van der Waals surface area contributed by atoms with Gasteiger partial charge in [0.1, 0.15) is 0 Å². The van der Waals surface area contributed by atoms with E-state index in [1.807, 2.05) is 0 Å². The van der Waals surface area contributed by atoms with Gasteiger partial charge in [-0.3, -0.25) is 9.59 Å². The topological polar surface area (TPSA) is 195 Å². The van der Waals surface area contributed by atoms with E-state index < -0.39 is 23.9 Å². The molecule has 0 aliphatic rings. The number of carboxylic acid groups (broad SMARTS) is 4. The third-order valence-corrected chi connectivity index (χ3v) is 0.1000. The van der Waals surface area contributed by atoms with Gasteiger partial charge in [-0.25, -0.2) is 0 Å². The summed E-state index contributed by atoms with van der Waals surface area (Å²) in [6.45, 7) is 3.86. The van der Waals surface area contributed by atoms with E-state index in [2.05, 4.69) is 0 Å². The molecule has 0 aromatic heterocycles. The predicted octanol–water partition coefficient (Wildman–Crippen LogP) is -9.33. The Morgan fingerprint density at radius 2 is 0.727 bits per heavy atom. The van der Waals surface area contributed by atoms with Crippen LogP contribution in [0.15, 0.2) is 0 Å². The number of aliphatic carboxylic acids is 4. The first-order valence-electron chi connectivity index (χ1n) is 4.80. The molecule has 0 rings (SSSR count). The van der Waals surface area contributed by atoms with Crippen LogP contribution in [-0.2, 0) is 19.2 Å². The Morgan fingerprint density at radius 3 is 0.727 bits per heavy atom. The molecule has 0 radical (unpaired) electrons. The molecule has 0 aromatic rings. The summed E-state index contributed by atoms with van der Waals surface area (Å²) in [5.41, 5.74) is 0. The molecule has 0 aliphatic carbocycles. The fourth-order valence-corrected chi connectivity index (χ4v) is 0. The summed E-state index contributed by atoms with van der Waals surface area (Å²) in [7, 11) is 0. The molecule has 0 amide bonds. The average Bonchev–Trinajstić information content (AvgIpc) is 2.13. The number of carboxylic acids is 4. The Balaban J connectivity index is -0.0000000250. The number of aliphatic hydroxyl groups is 2. The van der Waals surface area contributed by atoms with Gasteiger partial charge in [-0.1, -0.05) is 0 Å². The summed E-state index contributed by atoms with van der Waals surface area (Å²) in [4.78, 5) is 35.8. The summed E-state index contributed by atoms with van der Waals surface area (Å²) in [5, 5.41) is 47.9. The monoisotopic (exact) mass is 346 g/mol. The van der Waals surface area contributed by atoms with E-state index in [1.54, 1.807) is 0 Å². The fourth-order valence-electron chi connectivity index (χ4n) is 0. The molecule has 0 aromatic carbocycles. The smallest absolute Gasteiger partial charge is 0.550 e. The van der Waals surface area contributed by atoms with E-state index in [-0.39, 0.29) is 72.3 Å². The maximum Gasteiger partial charge on any atom is 1.00 e. The van der Waals surface area contributed by atoms with Gasteiger partial charge in [-0.15, -0.1) is 0 Å². The second-order valence-electron chi connectivity index (χ2n) is 2.47. The second kappa shape index (κ2) is 42.8. The normalized spacial score (nSPS) is 5.91. The van der Waals surface area contributed by atoms with Gasteiger partial charge in [0.2, 0.25) is 0 Å². The Hall–Kier alpha value is -0.200. The molecule has 122 valence electrons. The molecule has 0 saturated heterocycles. The van der Waals surface area contributed by atoms with E-state index in [9.17, 15) is 0 Å². The molecule has 0 saturated carbocycles. The van der Waals surface area contributed by atoms with Gasteiger partial charge in [0.25, 0.3) is 11.9 Å². The Labute approximate surface area is 172 Å². The third kappa shape index (κ3) is 10900. The van der Waals surface area contributed by atoms with Crippen LogP contribution in [0.25, 0.3) is 0 Å². The molecule has 0 aliphatic heterocycles. The van der Waals surface area contributed by atoms with Gasteiger partial charge in [0.15, 0.2) is 0 Å². The van der Waals surface area contributed by atoms with Crippen LogP contribution in [-0.4, -0.2) is 57.5 Å². The summed E-state index contributed by atoms with van der Waals surface area (Å²) in [6, 6.07) is 0. The molecule has 12 heteroatoms. The van der Waals surface area contributed by atoms with Crippen molar-refractivity contribution in [1.82, 2.24) is 0 Å². The van der Waals surface area contributed by atoms with Gasteiger partial charge in [-0.2, -0.15) is 0 Å². The number of carbonyl (C=O) groups excluding carboxylic acids is 2. The van der Waals surface area contributed by atoms with Crippen molar-refractivity contribution in [2.75, 3.05) is 13.2 Å². The zero-order chi connectivity index (χ0) is 17.7. The molecule has 0 bridgehead atoms. The first-order valence-corrected chi connectivity index (χ1v) is 4.80. The van der Waals surface area contributed by atoms with E-state index in [0.717, 1.165) is 27.7 Å². The first-order chi connectivity index (χ1) is 8.84. The number of carbonyl (C=O) groups is 4. The SMILES string of the molecule is CC(=O)O.CC(=O)O.CC(=O)[O-].CC(=O)[O-].OCCO.[Na+].[Na+]. The summed E-state index contributed by atoms with van der Waals surface area (Å²) < 4.78 is 0. The van der Waals surface area contributed by atoms with Crippen molar-refractivity contribution in [1.29, 1.82) is 0 Å². The van der Waals surface area contributed by atoms with E-state index in [1.165, 1.54) is 0 Å². The van der Waals surface area contributed by atoms with Crippen LogP contribution < -0.4 is 69.3 Å². The van der Waals surface area contributed by atoms with E-state index in [0.29, 0.717) is 0 Å². The van der Waals surface area contributed by atoms with Gasteiger partial charge >= 0.3 is 59.1 Å². The van der Waals surface area contributed by atoms with Crippen molar-refractivity contribution in [3.05, 3.63) is 0 Å². The molecule has 0 heterocycles. The van der Waals surface area contributed by atoms with Crippen molar-refractivity contribution in [3.63, 3.8) is 0 Å². The van der Waals surface area contributed by atoms with Crippen LogP contribution in [0.3, 0.4) is 0 Å². The largest absolute Gasteiger partial charge is 1.00 e. The molecule has 4 N–H and O–H groups in total. The zero-order valence-corrected chi connectivity index (χ0v) is 17.7. The standard InChI is InChI=1S/4C2H4O2.C2H6O2.2Na/c4*1-2(3)4;3-1-2-4;;/h4*1H3,(H,3,4);3-4H,1-2H2;;/q;;;;;2*+1/p-2. The molecule has 0 fully saturated rings. The van der Waals surface area contributed by atoms with Gasteiger partial charge < -0.3 is 40.2 Å². The van der Waals surface area contributed by atoms with E-state index >= 15 is 0 Å². The van der Waals surface area contributed by atoms with Crippen LogP contribution in [0.1, 0.15) is 27.7 Å². The van der Waals surface area contributed by atoms with Crippen molar-refractivity contribution < 1.29 is 109 Å². The van der Waals surface area contributed by atoms with Crippen LogP contribution in [0.4, 0.5) is 0 Å². The van der Waals surface area contributed by atoms with Crippen LogP contribution >= 0.6 is 0 Å². The number of hydrogen-bond acceptors (Lipinski definition) is 8. The Kier molecular flexibility index (Phi) is 83.8. The van der Waals surface area contributed by atoms with Crippen molar-refractivity contribution in [3.8, 4) is 0 Å². The first kappa shape index (κ1) is 43.1. The van der Waals surface area contributed by atoms with Gasteiger partial charge in [-0.05, 0) is 13.8 Å². The minimum Gasteiger partial charge on any atom is -0.550 e. The quantitative estimate of drug-likeness (QED) is 0.331. The zero-order valence-electron chi connectivity index (χ0n) is 13.7.